The molecule has 1 fully saturated rings. The van der Waals surface area contributed by atoms with E-state index in [1.807, 2.05) is 6.07 Å². The predicted molar refractivity (Wildman–Crippen MR) is 77.8 cm³/mol. The number of aromatic nitrogens is 3. The molecule has 102 valence electrons. The van der Waals surface area contributed by atoms with Crippen LogP contribution in [0.15, 0.2) is 12.3 Å². The van der Waals surface area contributed by atoms with Crippen molar-refractivity contribution in [2.75, 3.05) is 32.1 Å². The molecule has 1 aliphatic heterocycles. The first-order valence-electron chi connectivity index (χ1n) is 6.47. The number of likely N-dealkylation sites (N-methyl/N-ethyl adjacent to an activating group) is 1. The summed E-state index contributed by atoms with van der Waals surface area (Å²) < 4.78 is 0. The molecule has 5 nitrogen and oxygen atoms in total. The largest absolute Gasteiger partial charge is 0.353 e. The minimum absolute atomic E-state index is 0.489. The van der Waals surface area contributed by atoms with Crippen molar-refractivity contribution in [2.45, 2.75) is 13.0 Å². The zero-order valence-corrected chi connectivity index (χ0v) is 12.1. The van der Waals surface area contributed by atoms with Gasteiger partial charge in [-0.3, -0.25) is 5.10 Å². The van der Waals surface area contributed by atoms with E-state index in [9.17, 15) is 0 Å². The molecule has 0 bridgehead atoms. The normalized spacial score (nSPS) is 23.7. The van der Waals surface area contributed by atoms with Crippen LogP contribution in [0.25, 0.3) is 10.9 Å². The van der Waals surface area contributed by atoms with Crippen LogP contribution in [0.5, 0.6) is 0 Å². The van der Waals surface area contributed by atoms with Gasteiger partial charge in [-0.2, -0.15) is 5.10 Å². The van der Waals surface area contributed by atoms with E-state index in [0.29, 0.717) is 17.1 Å². The van der Waals surface area contributed by atoms with Crippen molar-refractivity contribution in [3.05, 3.63) is 17.4 Å². The van der Waals surface area contributed by atoms with Crippen LogP contribution >= 0.6 is 11.6 Å². The number of H-pyrrole nitrogens is 1. The summed E-state index contributed by atoms with van der Waals surface area (Å²) in [5.41, 5.74) is 0.941. The highest BCUT2D eigenvalue weighted by molar-refractivity contribution is 6.30. The van der Waals surface area contributed by atoms with Gasteiger partial charge in [-0.05, 0) is 20.0 Å². The van der Waals surface area contributed by atoms with Gasteiger partial charge >= 0.3 is 0 Å². The zero-order valence-electron chi connectivity index (χ0n) is 11.4. The van der Waals surface area contributed by atoms with Crippen LogP contribution in [0.1, 0.15) is 6.92 Å². The average molecular weight is 280 g/mol. The van der Waals surface area contributed by atoms with Crippen LogP contribution in [0.2, 0.25) is 5.15 Å². The Morgan fingerprint density at radius 1 is 1.42 bits per heavy atom. The van der Waals surface area contributed by atoms with Gasteiger partial charge in [0.2, 0.25) is 0 Å². The standard InChI is InChI=1S/C13H18ClN5/c1-8-6-19(7-11(8)18(2)3)13-9-5-15-12(14)4-10(9)16-17-13/h4-5,8,11H,6-7H2,1-3H3,(H,16,17). The first-order valence-corrected chi connectivity index (χ1v) is 6.85. The lowest BCUT2D eigenvalue weighted by molar-refractivity contribution is 0.266. The van der Waals surface area contributed by atoms with Crippen molar-refractivity contribution < 1.29 is 0 Å². The molecular weight excluding hydrogens is 262 g/mol. The number of hydrogen-bond donors (Lipinski definition) is 1. The van der Waals surface area contributed by atoms with Gasteiger partial charge in [-0.1, -0.05) is 18.5 Å². The molecule has 3 rings (SSSR count). The summed E-state index contributed by atoms with van der Waals surface area (Å²) in [6, 6.07) is 2.38. The maximum atomic E-state index is 5.90. The Morgan fingerprint density at radius 3 is 2.89 bits per heavy atom. The van der Waals surface area contributed by atoms with Crippen LogP contribution in [-0.2, 0) is 0 Å². The fourth-order valence-electron chi connectivity index (χ4n) is 2.91. The third kappa shape index (κ3) is 2.17. The van der Waals surface area contributed by atoms with Gasteiger partial charge in [0.15, 0.2) is 5.82 Å². The Morgan fingerprint density at radius 2 is 2.21 bits per heavy atom. The number of hydrogen-bond acceptors (Lipinski definition) is 4. The quantitative estimate of drug-likeness (QED) is 0.854. The minimum Gasteiger partial charge on any atom is -0.353 e. The Kier molecular flexibility index (Phi) is 3.11. The number of fused-ring (bicyclic) bond motifs is 1. The van der Waals surface area contributed by atoms with E-state index in [2.05, 4.69) is 46.0 Å². The first-order chi connectivity index (χ1) is 9.06. The van der Waals surface area contributed by atoms with Crippen molar-refractivity contribution >= 4 is 28.3 Å². The molecule has 2 unspecified atom stereocenters. The number of pyridine rings is 1. The van der Waals surface area contributed by atoms with Gasteiger partial charge < -0.3 is 9.80 Å². The predicted octanol–water partition coefficient (Wildman–Crippen LogP) is 2.00. The highest BCUT2D eigenvalue weighted by Crippen LogP contribution is 2.30. The first kappa shape index (κ1) is 12.7. The van der Waals surface area contributed by atoms with E-state index in [1.165, 1.54) is 0 Å². The SMILES string of the molecule is CC1CN(c2n[nH]c3cc(Cl)ncc23)CC1N(C)C. The van der Waals surface area contributed by atoms with E-state index in [0.717, 1.165) is 29.8 Å². The van der Waals surface area contributed by atoms with Crippen molar-refractivity contribution in [2.24, 2.45) is 5.92 Å². The van der Waals surface area contributed by atoms with E-state index in [1.54, 1.807) is 6.20 Å². The molecule has 1 saturated heterocycles. The van der Waals surface area contributed by atoms with Gasteiger partial charge in [-0.15, -0.1) is 0 Å². The molecule has 2 aromatic rings. The number of nitrogens with zero attached hydrogens (tertiary/aromatic N) is 4. The van der Waals surface area contributed by atoms with Gasteiger partial charge in [0.1, 0.15) is 5.15 Å². The molecule has 0 spiro atoms. The lowest BCUT2D eigenvalue weighted by Crippen LogP contribution is -2.34. The summed E-state index contributed by atoms with van der Waals surface area (Å²) in [6.07, 6.45) is 1.80. The highest BCUT2D eigenvalue weighted by atomic mass is 35.5. The lowest BCUT2D eigenvalue weighted by Gasteiger charge is -2.22. The topological polar surface area (TPSA) is 48.1 Å². The minimum atomic E-state index is 0.489. The molecule has 0 saturated carbocycles. The van der Waals surface area contributed by atoms with Crippen LogP contribution in [0, 0.1) is 5.92 Å². The lowest BCUT2D eigenvalue weighted by atomic mass is 10.1. The molecule has 2 aromatic heterocycles. The summed E-state index contributed by atoms with van der Waals surface area (Å²) in [4.78, 5) is 8.76. The van der Waals surface area contributed by atoms with Crippen LogP contribution in [0.4, 0.5) is 5.82 Å². The Hall–Kier alpha value is -1.33. The van der Waals surface area contributed by atoms with Crippen molar-refractivity contribution in [1.82, 2.24) is 20.1 Å². The maximum Gasteiger partial charge on any atom is 0.159 e. The molecule has 19 heavy (non-hydrogen) atoms. The number of anilines is 1. The van der Waals surface area contributed by atoms with Crippen molar-refractivity contribution in [3.63, 3.8) is 0 Å². The molecule has 6 heteroatoms. The molecule has 1 N–H and O–H groups in total. The molecule has 0 aromatic carbocycles. The van der Waals surface area contributed by atoms with Gasteiger partial charge in [-0.25, -0.2) is 4.98 Å². The monoisotopic (exact) mass is 279 g/mol. The third-order valence-corrected chi connectivity index (χ3v) is 4.14. The molecule has 0 amide bonds. The van der Waals surface area contributed by atoms with Crippen LogP contribution in [0.3, 0.4) is 0 Å². The highest BCUT2D eigenvalue weighted by Gasteiger charge is 2.32. The summed E-state index contributed by atoms with van der Waals surface area (Å²) in [7, 11) is 4.27. The van der Waals surface area contributed by atoms with Gasteiger partial charge in [0, 0.05) is 31.4 Å². The molecule has 2 atom stereocenters. The number of nitrogens with one attached hydrogen (secondary N) is 1. The van der Waals surface area contributed by atoms with Gasteiger partial charge in [0.25, 0.3) is 0 Å². The van der Waals surface area contributed by atoms with Crippen molar-refractivity contribution in [3.8, 4) is 0 Å². The average Bonchev–Trinajstić information content (AvgIpc) is 2.91. The van der Waals surface area contributed by atoms with E-state index in [-0.39, 0.29) is 0 Å². The summed E-state index contributed by atoms with van der Waals surface area (Å²) in [5, 5.41) is 8.99. The third-order valence-electron chi connectivity index (χ3n) is 3.93. The smallest absolute Gasteiger partial charge is 0.159 e. The number of rotatable bonds is 2. The van der Waals surface area contributed by atoms with Gasteiger partial charge in [0.05, 0.1) is 10.9 Å². The van der Waals surface area contributed by atoms with Crippen LogP contribution in [-0.4, -0.2) is 53.3 Å². The van der Waals surface area contributed by atoms with E-state index >= 15 is 0 Å². The summed E-state index contributed by atoms with van der Waals surface area (Å²) >= 11 is 5.90. The van der Waals surface area contributed by atoms with Crippen LogP contribution < -0.4 is 4.90 Å². The molecule has 0 aliphatic carbocycles. The zero-order chi connectivity index (χ0) is 13.6. The Labute approximate surface area is 117 Å². The molecule has 3 heterocycles. The fraction of sp³-hybridized carbons (Fsp3) is 0.538. The Bertz CT molecular complexity index is 594. The second-order valence-corrected chi connectivity index (χ2v) is 5.90. The number of halogens is 1. The molecule has 0 radical (unpaired) electrons. The van der Waals surface area contributed by atoms with E-state index in [4.69, 9.17) is 11.6 Å². The molecule has 1 aliphatic rings. The summed E-state index contributed by atoms with van der Waals surface area (Å²) in [6.45, 7) is 4.30. The molecular formula is C13H18ClN5. The maximum absolute atomic E-state index is 5.90. The second-order valence-electron chi connectivity index (χ2n) is 5.51. The Balaban J connectivity index is 1.93. The second kappa shape index (κ2) is 4.65. The van der Waals surface area contributed by atoms with Crippen molar-refractivity contribution in [1.29, 1.82) is 0 Å². The van der Waals surface area contributed by atoms with E-state index < -0.39 is 0 Å². The summed E-state index contributed by atoms with van der Waals surface area (Å²) in [5.74, 6) is 1.61. The fourth-order valence-corrected chi connectivity index (χ4v) is 3.07. The number of aromatic amines is 1.